The van der Waals surface area contributed by atoms with Crippen molar-refractivity contribution in [2.24, 2.45) is 11.8 Å². The van der Waals surface area contributed by atoms with Crippen molar-refractivity contribution in [1.29, 1.82) is 0 Å². The highest BCUT2D eigenvalue weighted by atomic mass is 19.2. The number of ether oxygens (including phenoxy) is 1. The van der Waals surface area contributed by atoms with Crippen LogP contribution in [0.4, 0.5) is 8.78 Å². The molecule has 1 aliphatic carbocycles. The molecule has 1 fully saturated rings. The van der Waals surface area contributed by atoms with Crippen LogP contribution >= 0.6 is 0 Å². The predicted molar refractivity (Wildman–Crippen MR) is 76.9 cm³/mol. The number of esters is 1. The first-order valence-electron chi connectivity index (χ1n) is 7.37. The Bertz CT molecular complexity index is 506. The van der Waals surface area contributed by atoms with Gasteiger partial charge in [-0.1, -0.05) is 6.08 Å². The van der Waals surface area contributed by atoms with Crippen LogP contribution in [0.2, 0.25) is 0 Å². The van der Waals surface area contributed by atoms with Gasteiger partial charge in [0.1, 0.15) is 5.75 Å². The van der Waals surface area contributed by atoms with Crippen molar-refractivity contribution < 1.29 is 18.3 Å². The van der Waals surface area contributed by atoms with Crippen LogP contribution in [0, 0.1) is 23.5 Å². The smallest absolute Gasteiger partial charge is 0.314 e. The highest BCUT2D eigenvalue weighted by Gasteiger charge is 2.27. The average Bonchev–Trinajstić information content (AvgIpc) is 2.49. The van der Waals surface area contributed by atoms with E-state index < -0.39 is 11.6 Å². The lowest BCUT2D eigenvalue weighted by Gasteiger charge is -2.26. The van der Waals surface area contributed by atoms with Gasteiger partial charge in [0, 0.05) is 6.07 Å². The van der Waals surface area contributed by atoms with Gasteiger partial charge in [0.05, 0.1) is 5.92 Å². The summed E-state index contributed by atoms with van der Waals surface area (Å²) in [6.45, 7) is 3.72. The van der Waals surface area contributed by atoms with Crippen LogP contribution in [-0.4, -0.2) is 5.97 Å². The quantitative estimate of drug-likeness (QED) is 0.449. The number of rotatable bonds is 5. The van der Waals surface area contributed by atoms with Gasteiger partial charge >= 0.3 is 5.97 Å². The van der Waals surface area contributed by atoms with E-state index in [4.69, 9.17) is 4.74 Å². The first-order valence-corrected chi connectivity index (χ1v) is 7.37. The SMILES string of the molecule is C=CCCC1CCC(C(=O)Oc2ccc(F)c(F)c2)CC1. The molecule has 1 saturated carbocycles. The van der Waals surface area contributed by atoms with Crippen molar-refractivity contribution in [1.82, 2.24) is 0 Å². The fourth-order valence-electron chi connectivity index (χ4n) is 2.78. The molecule has 0 N–H and O–H groups in total. The van der Waals surface area contributed by atoms with E-state index in [2.05, 4.69) is 6.58 Å². The van der Waals surface area contributed by atoms with Crippen LogP contribution in [0.15, 0.2) is 30.9 Å². The van der Waals surface area contributed by atoms with Crippen molar-refractivity contribution in [3.63, 3.8) is 0 Å². The van der Waals surface area contributed by atoms with Gasteiger partial charge in [-0.3, -0.25) is 4.79 Å². The normalized spacial score (nSPS) is 21.8. The Labute approximate surface area is 123 Å². The zero-order valence-corrected chi connectivity index (χ0v) is 12.0. The molecule has 0 aromatic heterocycles. The number of carbonyl (C=O) groups is 1. The number of halogens is 2. The van der Waals surface area contributed by atoms with Gasteiger partial charge in [-0.05, 0) is 56.6 Å². The fourth-order valence-corrected chi connectivity index (χ4v) is 2.78. The summed E-state index contributed by atoms with van der Waals surface area (Å²) in [5.41, 5.74) is 0. The molecule has 0 unspecified atom stereocenters. The van der Waals surface area contributed by atoms with Crippen LogP contribution < -0.4 is 4.74 Å². The van der Waals surface area contributed by atoms with Crippen molar-refractivity contribution in [3.8, 4) is 5.75 Å². The van der Waals surface area contributed by atoms with E-state index in [1.54, 1.807) is 0 Å². The molecule has 114 valence electrons. The van der Waals surface area contributed by atoms with Gasteiger partial charge in [-0.2, -0.15) is 0 Å². The molecule has 1 aromatic rings. The molecule has 0 heterocycles. The third-order valence-electron chi connectivity index (χ3n) is 4.07. The van der Waals surface area contributed by atoms with Gasteiger partial charge in [0.25, 0.3) is 0 Å². The average molecular weight is 294 g/mol. The minimum atomic E-state index is -1.01. The molecular weight excluding hydrogens is 274 g/mol. The zero-order valence-electron chi connectivity index (χ0n) is 12.0. The van der Waals surface area contributed by atoms with Gasteiger partial charge < -0.3 is 4.74 Å². The largest absolute Gasteiger partial charge is 0.426 e. The zero-order chi connectivity index (χ0) is 15.2. The molecule has 2 rings (SSSR count). The number of carbonyl (C=O) groups excluding carboxylic acids is 1. The number of benzene rings is 1. The number of allylic oxidation sites excluding steroid dienone is 1. The van der Waals surface area contributed by atoms with E-state index in [1.807, 2.05) is 6.08 Å². The summed E-state index contributed by atoms with van der Waals surface area (Å²) in [4.78, 5) is 12.0. The molecule has 2 nitrogen and oxygen atoms in total. The van der Waals surface area contributed by atoms with Crippen molar-refractivity contribution >= 4 is 5.97 Å². The van der Waals surface area contributed by atoms with E-state index in [-0.39, 0.29) is 17.6 Å². The molecule has 0 bridgehead atoms. The molecule has 0 aliphatic heterocycles. The predicted octanol–water partition coefficient (Wildman–Crippen LogP) is 4.64. The van der Waals surface area contributed by atoms with E-state index in [0.717, 1.165) is 50.7 Å². The Kier molecular flexibility index (Phi) is 5.48. The third kappa shape index (κ3) is 4.38. The van der Waals surface area contributed by atoms with E-state index in [9.17, 15) is 13.6 Å². The van der Waals surface area contributed by atoms with Crippen LogP contribution in [0.5, 0.6) is 5.75 Å². The molecule has 0 amide bonds. The van der Waals surface area contributed by atoms with E-state index in [0.29, 0.717) is 5.92 Å². The maximum Gasteiger partial charge on any atom is 0.314 e. The van der Waals surface area contributed by atoms with Crippen LogP contribution in [0.25, 0.3) is 0 Å². The number of hydrogen-bond donors (Lipinski definition) is 0. The lowest BCUT2D eigenvalue weighted by atomic mass is 9.80. The minimum absolute atomic E-state index is 0.0627. The fraction of sp³-hybridized carbons (Fsp3) is 0.471. The monoisotopic (exact) mass is 294 g/mol. The Morgan fingerprint density at radius 1 is 1.24 bits per heavy atom. The van der Waals surface area contributed by atoms with Crippen molar-refractivity contribution in [2.75, 3.05) is 0 Å². The first-order chi connectivity index (χ1) is 10.1. The molecule has 0 spiro atoms. The van der Waals surface area contributed by atoms with Crippen LogP contribution in [0.3, 0.4) is 0 Å². The summed E-state index contributed by atoms with van der Waals surface area (Å²) in [6, 6.07) is 3.14. The van der Waals surface area contributed by atoms with E-state index >= 15 is 0 Å². The molecule has 1 aliphatic rings. The lowest BCUT2D eigenvalue weighted by molar-refractivity contribution is -0.140. The Morgan fingerprint density at radius 3 is 2.57 bits per heavy atom. The molecular formula is C17H20F2O2. The molecule has 0 radical (unpaired) electrons. The van der Waals surface area contributed by atoms with Gasteiger partial charge in [-0.25, -0.2) is 8.78 Å². The summed E-state index contributed by atoms with van der Waals surface area (Å²) in [7, 11) is 0. The maximum absolute atomic E-state index is 13.1. The van der Waals surface area contributed by atoms with E-state index in [1.165, 1.54) is 6.07 Å². The maximum atomic E-state index is 13.1. The number of hydrogen-bond acceptors (Lipinski definition) is 2. The minimum Gasteiger partial charge on any atom is -0.426 e. The van der Waals surface area contributed by atoms with Crippen LogP contribution in [0.1, 0.15) is 38.5 Å². The van der Waals surface area contributed by atoms with Crippen molar-refractivity contribution in [3.05, 3.63) is 42.5 Å². The topological polar surface area (TPSA) is 26.3 Å². The lowest BCUT2D eigenvalue weighted by Crippen LogP contribution is -2.25. The molecule has 1 aromatic carbocycles. The second kappa shape index (κ2) is 7.34. The molecule has 4 heteroatoms. The highest BCUT2D eigenvalue weighted by molar-refractivity contribution is 5.75. The summed E-state index contributed by atoms with van der Waals surface area (Å²) in [6.07, 6.45) is 7.65. The second-order valence-corrected chi connectivity index (χ2v) is 5.58. The highest BCUT2D eigenvalue weighted by Crippen LogP contribution is 2.32. The standard InChI is InChI=1S/C17H20F2O2/c1-2-3-4-12-5-7-13(8-6-12)17(20)21-14-9-10-15(18)16(19)11-14/h2,9-13H,1,3-8H2. The Balaban J connectivity index is 1.84. The van der Waals surface area contributed by atoms with Gasteiger partial charge in [0.15, 0.2) is 11.6 Å². The third-order valence-corrected chi connectivity index (χ3v) is 4.07. The second-order valence-electron chi connectivity index (χ2n) is 5.58. The van der Waals surface area contributed by atoms with Crippen molar-refractivity contribution in [2.45, 2.75) is 38.5 Å². The van der Waals surface area contributed by atoms with Gasteiger partial charge in [-0.15, -0.1) is 6.58 Å². The summed E-state index contributed by atoms with van der Waals surface area (Å²) >= 11 is 0. The Morgan fingerprint density at radius 2 is 1.95 bits per heavy atom. The molecule has 21 heavy (non-hydrogen) atoms. The Hall–Kier alpha value is -1.71. The molecule has 0 atom stereocenters. The van der Waals surface area contributed by atoms with Crippen LogP contribution in [-0.2, 0) is 4.79 Å². The molecule has 0 saturated heterocycles. The summed E-state index contributed by atoms with van der Waals surface area (Å²) in [5.74, 6) is -1.73. The summed E-state index contributed by atoms with van der Waals surface area (Å²) in [5, 5.41) is 0. The summed E-state index contributed by atoms with van der Waals surface area (Å²) < 4.78 is 31.0. The van der Waals surface area contributed by atoms with Gasteiger partial charge in [0.2, 0.25) is 0 Å². The first kappa shape index (κ1) is 15.7.